The van der Waals surface area contributed by atoms with Crippen molar-refractivity contribution >= 4 is 5.69 Å². The van der Waals surface area contributed by atoms with Crippen molar-refractivity contribution in [1.82, 2.24) is 20.0 Å². The van der Waals surface area contributed by atoms with Crippen LogP contribution in [0.3, 0.4) is 0 Å². The van der Waals surface area contributed by atoms with E-state index in [0.717, 1.165) is 11.6 Å². The molecule has 0 unspecified atom stereocenters. The summed E-state index contributed by atoms with van der Waals surface area (Å²) in [5, 5.41) is 29.8. The van der Waals surface area contributed by atoms with Gasteiger partial charge in [0.15, 0.2) is 5.69 Å². The smallest absolute Gasteiger partial charge is 0.258 e. The highest BCUT2D eigenvalue weighted by molar-refractivity contribution is 5.42. The molecular weight excluding hydrogens is 305 g/mol. The van der Waals surface area contributed by atoms with Crippen LogP contribution in [0, 0.1) is 28.4 Å². The average molecular weight is 312 g/mol. The van der Waals surface area contributed by atoms with Gasteiger partial charge < -0.3 is 0 Å². The molecule has 2 aromatic rings. The number of halogens is 3. The summed E-state index contributed by atoms with van der Waals surface area (Å²) >= 11 is 0. The normalized spacial score (nSPS) is 11.2. The molecule has 2 aromatic heterocycles. The minimum atomic E-state index is -4.94. The van der Waals surface area contributed by atoms with Gasteiger partial charge in [-0.15, -0.1) is 5.10 Å². The molecule has 2 rings (SSSR count). The molecule has 2 heterocycles. The summed E-state index contributed by atoms with van der Waals surface area (Å²) in [4.78, 5) is 9.71. The average Bonchev–Trinajstić information content (AvgIpc) is 2.77. The molecule has 8 nitrogen and oxygen atoms in total. The quantitative estimate of drug-likeness (QED) is 0.631. The van der Waals surface area contributed by atoms with Gasteiger partial charge in [-0.05, 0) is 19.1 Å². The fraction of sp³-hybridized carbons (Fsp3) is 0.273. The number of aromatic nitrogens is 4. The van der Waals surface area contributed by atoms with Gasteiger partial charge in [-0.25, -0.2) is 0 Å². The third-order valence-electron chi connectivity index (χ3n) is 2.77. The second-order valence-electron chi connectivity index (χ2n) is 4.22. The van der Waals surface area contributed by atoms with Crippen LogP contribution in [-0.4, -0.2) is 24.9 Å². The Bertz CT molecular complexity index is 760. The number of rotatable bonds is 3. The van der Waals surface area contributed by atoms with E-state index in [9.17, 15) is 23.3 Å². The van der Waals surface area contributed by atoms with Gasteiger partial charge in [0, 0.05) is 0 Å². The van der Waals surface area contributed by atoms with Crippen LogP contribution in [0.2, 0.25) is 0 Å². The first-order valence-corrected chi connectivity index (χ1v) is 5.75. The van der Waals surface area contributed by atoms with Crippen molar-refractivity contribution in [2.45, 2.75) is 19.6 Å². The lowest BCUT2D eigenvalue weighted by Gasteiger charge is -2.02. The van der Waals surface area contributed by atoms with Crippen LogP contribution in [-0.2, 0) is 12.7 Å². The first-order chi connectivity index (χ1) is 10.2. The van der Waals surface area contributed by atoms with Crippen LogP contribution in [0.25, 0.3) is 0 Å². The maximum Gasteiger partial charge on any atom is 0.442 e. The summed E-state index contributed by atoms with van der Waals surface area (Å²) in [6.07, 6.45) is -4.94. The van der Waals surface area contributed by atoms with E-state index in [0.29, 0.717) is 0 Å². The number of hydrogen-bond donors (Lipinski definition) is 0. The maximum atomic E-state index is 12.8. The van der Waals surface area contributed by atoms with Gasteiger partial charge in [0.1, 0.15) is 11.8 Å². The number of nitrogens with zero attached hydrogens (tertiary/aromatic N) is 6. The molecule has 11 heteroatoms. The molecule has 0 aromatic carbocycles. The van der Waals surface area contributed by atoms with Crippen LogP contribution in [0.5, 0.6) is 0 Å². The molecule has 0 N–H and O–H groups in total. The van der Waals surface area contributed by atoms with E-state index in [1.165, 1.54) is 12.1 Å². The molecule has 0 aliphatic carbocycles. The molecule has 0 radical (unpaired) electrons. The standard InChI is InChI=1S/C11H7F3N6O2/c1-6-9(20(21)22)10(11(12,13)14)18-19(6)5-8-3-2-7(4-15)16-17-8/h2-3H,5H2,1H3. The molecule has 0 saturated carbocycles. The Morgan fingerprint density at radius 1 is 1.41 bits per heavy atom. The van der Waals surface area contributed by atoms with Crippen LogP contribution in [0.4, 0.5) is 18.9 Å². The lowest BCUT2D eigenvalue weighted by molar-refractivity contribution is -0.388. The number of nitriles is 1. The zero-order chi connectivity index (χ0) is 16.5. The summed E-state index contributed by atoms with van der Waals surface area (Å²) in [5.41, 5.74) is -2.63. The third-order valence-corrected chi connectivity index (χ3v) is 2.77. The van der Waals surface area contributed by atoms with Gasteiger partial charge in [0.25, 0.3) is 0 Å². The van der Waals surface area contributed by atoms with E-state index in [1.54, 1.807) is 6.07 Å². The summed E-state index contributed by atoms with van der Waals surface area (Å²) in [5.74, 6) is 0. The number of nitro groups is 1. The molecule has 114 valence electrons. The van der Waals surface area contributed by atoms with Crippen LogP contribution in [0.1, 0.15) is 22.8 Å². The summed E-state index contributed by atoms with van der Waals surface area (Å²) in [6.45, 7) is 0.929. The molecule has 0 saturated heterocycles. The molecule has 0 atom stereocenters. The molecule has 22 heavy (non-hydrogen) atoms. The Labute approximate surface area is 121 Å². The Balaban J connectivity index is 2.43. The largest absolute Gasteiger partial charge is 0.442 e. The highest BCUT2D eigenvalue weighted by Gasteiger charge is 2.44. The molecule has 0 amide bonds. The van der Waals surface area contributed by atoms with E-state index < -0.39 is 22.5 Å². The highest BCUT2D eigenvalue weighted by atomic mass is 19.4. The van der Waals surface area contributed by atoms with Crippen molar-refractivity contribution in [1.29, 1.82) is 5.26 Å². The van der Waals surface area contributed by atoms with Crippen LogP contribution in [0.15, 0.2) is 12.1 Å². The van der Waals surface area contributed by atoms with Gasteiger partial charge in [-0.3, -0.25) is 14.8 Å². The number of alkyl halides is 3. The first-order valence-electron chi connectivity index (χ1n) is 5.75. The van der Waals surface area contributed by atoms with Crippen LogP contribution >= 0.6 is 0 Å². The zero-order valence-electron chi connectivity index (χ0n) is 11.0. The maximum absolute atomic E-state index is 12.8. The van der Waals surface area contributed by atoms with Crippen molar-refractivity contribution in [2.24, 2.45) is 0 Å². The van der Waals surface area contributed by atoms with E-state index in [2.05, 4.69) is 15.3 Å². The van der Waals surface area contributed by atoms with Crippen molar-refractivity contribution in [3.05, 3.63) is 45.0 Å². The monoisotopic (exact) mass is 312 g/mol. The van der Waals surface area contributed by atoms with E-state index in [1.807, 2.05) is 0 Å². The second-order valence-corrected chi connectivity index (χ2v) is 4.22. The van der Waals surface area contributed by atoms with Crippen molar-refractivity contribution in [3.63, 3.8) is 0 Å². The number of hydrogen-bond acceptors (Lipinski definition) is 6. The third kappa shape index (κ3) is 2.85. The predicted octanol–water partition coefficient (Wildman–Crippen LogP) is 1.83. The lowest BCUT2D eigenvalue weighted by Crippen LogP contribution is -2.10. The SMILES string of the molecule is Cc1c([N+](=O)[O-])c(C(F)(F)F)nn1Cc1ccc(C#N)nn1. The summed E-state index contributed by atoms with van der Waals surface area (Å²) in [6, 6.07) is 4.46. The van der Waals surface area contributed by atoms with Crippen molar-refractivity contribution < 1.29 is 18.1 Å². The summed E-state index contributed by atoms with van der Waals surface area (Å²) < 4.78 is 39.2. The molecule has 0 aliphatic rings. The Morgan fingerprint density at radius 2 is 2.09 bits per heavy atom. The van der Waals surface area contributed by atoms with Gasteiger partial charge in [-0.2, -0.15) is 28.6 Å². The Hall–Kier alpha value is -3.03. The Morgan fingerprint density at radius 3 is 2.50 bits per heavy atom. The molecule has 0 bridgehead atoms. The van der Waals surface area contributed by atoms with E-state index in [4.69, 9.17) is 5.26 Å². The van der Waals surface area contributed by atoms with Gasteiger partial charge in [0.05, 0.1) is 17.2 Å². The summed E-state index contributed by atoms with van der Waals surface area (Å²) in [7, 11) is 0. The zero-order valence-corrected chi connectivity index (χ0v) is 11.0. The predicted molar refractivity (Wildman–Crippen MR) is 64.5 cm³/mol. The van der Waals surface area contributed by atoms with Crippen molar-refractivity contribution in [2.75, 3.05) is 0 Å². The van der Waals surface area contributed by atoms with Crippen LogP contribution < -0.4 is 0 Å². The van der Waals surface area contributed by atoms with E-state index >= 15 is 0 Å². The van der Waals surface area contributed by atoms with E-state index in [-0.39, 0.29) is 23.6 Å². The fourth-order valence-corrected chi connectivity index (χ4v) is 1.76. The first kappa shape index (κ1) is 15.4. The molecule has 0 spiro atoms. The fourth-order valence-electron chi connectivity index (χ4n) is 1.76. The van der Waals surface area contributed by atoms with Gasteiger partial charge in [0.2, 0.25) is 5.69 Å². The van der Waals surface area contributed by atoms with Gasteiger partial charge >= 0.3 is 11.9 Å². The molecule has 0 fully saturated rings. The minimum absolute atomic E-state index is 0.0444. The lowest BCUT2D eigenvalue weighted by atomic mass is 10.3. The van der Waals surface area contributed by atoms with Crippen molar-refractivity contribution in [3.8, 4) is 6.07 Å². The topological polar surface area (TPSA) is 111 Å². The molecular formula is C11H7F3N6O2. The Kier molecular flexibility index (Phi) is 3.77. The minimum Gasteiger partial charge on any atom is -0.258 e. The van der Waals surface area contributed by atoms with Gasteiger partial charge in [-0.1, -0.05) is 0 Å². The molecule has 0 aliphatic heterocycles. The highest BCUT2D eigenvalue weighted by Crippen LogP contribution is 2.37. The second kappa shape index (κ2) is 5.40.